The van der Waals surface area contributed by atoms with Crippen molar-refractivity contribution in [2.24, 2.45) is 11.7 Å². The summed E-state index contributed by atoms with van der Waals surface area (Å²) in [6.45, 7) is 4.17. The molecule has 0 amide bonds. The Morgan fingerprint density at radius 3 is 1.86 bits per heavy atom. The van der Waals surface area contributed by atoms with E-state index >= 15 is 0 Å². The average molecular weight is 102 g/mol. The number of nitrogens with two attached hydrogens (primary N) is 1. The molecule has 0 radical (unpaired) electrons. The van der Waals surface area contributed by atoms with Gasteiger partial charge in [0.2, 0.25) is 0 Å². The van der Waals surface area contributed by atoms with Gasteiger partial charge in [-0.1, -0.05) is 13.8 Å². The lowest BCUT2D eigenvalue weighted by Crippen LogP contribution is -2.38. The minimum absolute atomic E-state index is 0.153. The summed E-state index contributed by atoms with van der Waals surface area (Å²) < 4.78 is 0. The van der Waals surface area contributed by atoms with Gasteiger partial charge in [0.1, 0.15) is 0 Å². The summed E-state index contributed by atoms with van der Waals surface area (Å²) >= 11 is 0. The highest BCUT2D eigenvalue weighted by Crippen LogP contribution is 1.91. The Hall–Kier alpha value is -0.0800. The minimum atomic E-state index is 0.153. The highest BCUT2D eigenvalue weighted by molar-refractivity contribution is 4.57. The van der Waals surface area contributed by atoms with Crippen LogP contribution in [0.4, 0.5) is 0 Å². The molecule has 1 atom stereocenters. The first-order valence-electron chi connectivity index (χ1n) is 2.61. The second kappa shape index (κ2) is 2.99. The monoisotopic (exact) mass is 102 g/mol. The van der Waals surface area contributed by atoms with E-state index in [-0.39, 0.29) is 6.17 Å². The summed E-state index contributed by atoms with van der Waals surface area (Å²) in [5.41, 5.74) is 5.50. The van der Waals surface area contributed by atoms with Gasteiger partial charge in [-0.15, -0.1) is 0 Å². The summed E-state index contributed by atoms with van der Waals surface area (Å²) in [6.07, 6.45) is 0.153. The summed E-state index contributed by atoms with van der Waals surface area (Å²) in [4.78, 5) is 0. The van der Waals surface area contributed by atoms with Crippen LogP contribution in [0.1, 0.15) is 13.8 Å². The molecule has 2 heteroatoms. The van der Waals surface area contributed by atoms with Gasteiger partial charge in [-0.05, 0) is 13.0 Å². The summed E-state index contributed by atoms with van der Waals surface area (Å²) in [7, 11) is 1.87. The van der Waals surface area contributed by atoms with E-state index in [0.29, 0.717) is 5.92 Å². The molecule has 0 aliphatic rings. The molecule has 2 nitrogen and oxygen atoms in total. The third kappa shape index (κ3) is 2.60. The Kier molecular flexibility index (Phi) is 2.96. The predicted octanol–water partition coefficient (Wildman–Crippen LogP) is 0.147. The fraction of sp³-hybridized carbons (Fsp3) is 1.00. The lowest BCUT2D eigenvalue weighted by atomic mass is 10.2. The Balaban J connectivity index is 3.14. The molecular weight excluding hydrogens is 88.1 g/mol. The molecule has 44 valence electrons. The average Bonchev–Trinajstić information content (AvgIpc) is 1.65. The van der Waals surface area contributed by atoms with Crippen molar-refractivity contribution in [3.63, 3.8) is 0 Å². The molecule has 0 fully saturated rings. The van der Waals surface area contributed by atoms with Gasteiger partial charge in [-0.2, -0.15) is 0 Å². The Labute approximate surface area is 45.1 Å². The summed E-state index contributed by atoms with van der Waals surface area (Å²) in [5.74, 6) is 0.532. The molecule has 0 aromatic heterocycles. The van der Waals surface area contributed by atoms with Gasteiger partial charge in [0.05, 0.1) is 6.17 Å². The molecule has 0 saturated heterocycles. The lowest BCUT2D eigenvalue weighted by Gasteiger charge is -2.12. The maximum atomic E-state index is 5.50. The normalized spacial score (nSPS) is 15.0. The molecule has 0 spiro atoms. The third-order valence-electron chi connectivity index (χ3n) is 1.05. The van der Waals surface area contributed by atoms with Crippen LogP contribution in [0.5, 0.6) is 0 Å². The minimum Gasteiger partial charge on any atom is -0.316 e. The molecule has 0 aliphatic carbocycles. The van der Waals surface area contributed by atoms with Crippen molar-refractivity contribution in [1.29, 1.82) is 0 Å². The van der Waals surface area contributed by atoms with Crippen LogP contribution in [0.3, 0.4) is 0 Å². The largest absolute Gasteiger partial charge is 0.316 e. The Morgan fingerprint density at radius 1 is 1.43 bits per heavy atom. The molecule has 0 aliphatic heterocycles. The quantitative estimate of drug-likeness (QED) is 0.487. The first-order chi connectivity index (χ1) is 3.18. The maximum Gasteiger partial charge on any atom is 0.0567 e. The van der Waals surface area contributed by atoms with E-state index in [1.807, 2.05) is 7.05 Å². The molecule has 3 N–H and O–H groups in total. The van der Waals surface area contributed by atoms with E-state index in [4.69, 9.17) is 5.73 Å². The Morgan fingerprint density at radius 2 is 1.86 bits per heavy atom. The highest BCUT2D eigenvalue weighted by atomic mass is 15.0. The molecule has 0 bridgehead atoms. The summed E-state index contributed by atoms with van der Waals surface area (Å²) in [6, 6.07) is 0. The standard InChI is InChI=1S/C5H14N2/c1-4(2)5(6)7-3/h4-5,7H,6H2,1-3H3/t5-/m0/s1. The van der Waals surface area contributed by atoms with Crippen LogP contribution in [0, 0.1) is 5.92 Å². The third-order valence-corrected chi connectivity index (χ3v) is 1.05. The zero-order valence-electron chi connectivity index (χ0n) is 5.23. The van der Waals surface area contributed by atoms with Crippen LogP contribution in [-0.4, -0.2) is 13.2 Å². The second-order valence-corrected chi connectivity index (χ2v) is 2.06. The lowest BCUT2D eigenvalue weighted by molar-refractivity contribution is 0.440. The van der Waals surface area contributed by atoms with Gasteiger partial charge in [0.25, 0.3) is 0 Å². The molecule has 0 aromatic carbocycles. The van der Waals surface area contributed by atoms with Gasteiger partial charge in [0, 0.05) is 0 Å². The van der Waals surface area contributed by atoms with Gasteiger partial charge < -0.3 is 11.1 Å². The van der Waals surface area contributed by atoms with E-state index in [2.05, 4.69) is 19.2 Å². The molecule has 7 heavy (non-hydrogen) atoms. The smallest absolute Gasteiger partial charge is 0.0567 e. The zero-order chi connectivity index (χ0) is 5.86. The topological polar surface area (TPSA) is 38.0 Å². The van der Waals surface area contributed by atoms with Crippen molar-refractivity contribution in [3.8, 4) is 0 Å². The van der Waals surface area contributed by atoms with Crippen molar-refractivity contribution in [1.82, 2.24) is 5.32 Å². The molecule has 0 rings (SSSR count). The van der Waals surface area contributed by atoms with E-state index in [1.54, 1.807) is 0 Å². The fourth-order valence-corrected chi connectivity index (χ4v) is 0.333. The zero-order valence-corrected chi connectivity index (χ0v) is 5.23. The van der Waals surface area contributed by atoms with Crippen molar-refractivity contribution >= 4 is 0 Å². The first-order valence-corrected chi connectivity index (χ1v) is 2.61. The SMILES string of the molecule is CN[C@H](N)C(C)C. The first kappa shape index (κ1) is 6.92. The van der Waals surface area contributed by atoms with Crippen LogP contribution >= 0.6 is 0 Å². The molecule has 0 heterocycles. The van der Waals surface area contributed by atoms with Gasteiger partial charge in [-0.25, -0.2) is 0 Å². The number of nitrogens with one attached hydrogen (secondary N) is 1. The van der Waals surface area contributed by atoms with Gasteiger partial charge >= 0.3 is 0 Å². The molecule has 0 unspecified atom stereocenters. The molecule has 0 aromatic rings. The van der Waals surface area contributed by atoms with Crippen molar-refractivity contribution < 1.29 is 0 Å². The second-order valence-electron chi connectivity index (χ2n) is 2.06. The number of hydrogen-bond acceptors (Lipinski definition) is 2. The fourth-order valence-electron chi connectivity index (χ4n) is 0.333. The Bertz CT molecular complexity index is 43.3. The van der Waals surface area contributed by atoms with E-state index in [9.17, 15) is 0 Å². The van der Waals surface area contributed by atoms with Crippen molar-refractivity contribution in [2.45, 2.75) is 20.0 Å². The molecular formula is C5H14N2. The highest BCUT2D eigenvalue weighted by Gasteiger charge is 2.00. The summed E-state index contributed by atoms with van der Waals surface area (Å²) in [5, 5.41) is 2.94. The van der Waals surface area contributed by atoms with E-state index < -0.39 is 0 Å². The number of rotatable bonds is 2. The van der Waals surface area contributed by atoms with E-state index in [1.165, 1.54) is 0 Å². The maximum absolute atomic E-state index is 5.50. The molecule has 0 saturated carbocycles. The van der Waals surface area contributed by atoms with Crippen LogP contribution in [-0.2, 0) is 0 Å². The number of hydrogen-bond donors (Lipinski definition) is 2. The van der Waals surface area contributed by atoms with Crippen LogP contribution < -0.4 is 11.1 Å². The van der Waals surface area contributed by atoms with Crippen LogP contribution in [0.2, 0.25) is 0 Å². The van der Waals surface area contributed by atoms with Gasteiger partial charge in [0.15, 0.2) is 0 Å². The van der Waals surface area contributed by atoms with E-state index in [0.717, 1.165) is 0 Å². The van der Waals surface area contributed by atoms with Crippen LogP contribution in [0.25, 0.3) is 0 Å². The van der Waals surface area contributed by atoms with Crippen molar-refractivity contribution in [3.05, 3.63) is 0 Å². The van der Waals surface area contributed by atoms with Crippen LogP contribution in [0.15, 0.2) is 0 Å². The van der Waals surface area contributed by atoms with Gasteiger partial charge in [-0.3, -0.25) is 0 Å². The predicted molar refractivity (Wildman–Crippen MR) is 31.9 cm³/mol. The van der Waals surface area contributed by atoms with Crippen molar-refractivity contribution in [2.75, 3.05) is 7.05 Å².